The zero-order chi connectivity index (χ0) is 24.8. The number of nitrogens with zero attached hydrogens (tertiary/aromatic N) is 2. The third-order valence-corrected chi connectivity index (χ3v) is 7.25. The maximum absolute atomic E-state index is 13.5. The molecule has 2 fully saturated rings. The molecule has 0 saturated carbocycles. The molecule has 1 unspecified atom stereocenters. The highest BCUT2D eigenvalue weighted by Crippen LogP contribution is 2.40. The van der Waals surface area contributed by atoms with Crippen LogP contribution in [0.4, 0.5) is 0 Å². The molecule has 1 aromatic carbocycles. The zero-order valence-electron chi connectivity index (χ0n) is 20.5. The van der Waals surface area contributed by atoms with Gasteiger partial charge in [-0.15, -0.1) is 0 Å². The van der Waals surface area contributed by atoms with E-state index in [1.54, 1.807) is 26.0 Å². The van der Waals surface area contributed by atoms with Crippen molar-refractivity contribution in [1.82, 2.24) is 9.47 Å². The lowest BCUT2D eigenvalue weighted by Crippen LogP contribution is -2.61. The van der Waals surface area contributed by atoms with Crippen LogP contribution in [0.15, 0.2) is 47.3 Å². The molecule has 2 saturated heterocycles. The Balaban J connectivity index is 1.43. The molecular formula is C27H32N2O6. The number of piperidine rings is 1. The number of carbonyl (C=O) groups is 2. The van der Waals surface area contributed by atoms with Gasteiger partial charge >= 0.3 is 11.9 Å². The van der Waals surface area contributed by atoms with Crippen LogP contribution in [0.3, 0.4) is 0 Å². The van der Waals surface area contributed by atoms with E-state index in [9.17, 15) is 14.4 Å². The molecule has 3 aliphatic rings. The number of pyridine rings is 1. The molecule has 186 valence electrons. The van der Waals surface area contributed by atoms with Gasteiger partial charge in [-0.3, -0.25) is 14.4 Å². The van der Waals surface area contributed by atoms with Crippen LogP contribution < -0.4 is 10.3 Å². The van der Waals surface area contributed by atoms with Gasteiger partial charge in [-0.05, 0) is 43.0 Å². The van der Waals surface area contributed by atoms with Crippen molar-refractivity contribution in [2.45, 2.75) is 51.9 Å². The summed E-state index contributed by atoms with van der Waals surface area (Å²) in [5.41, 5.74) is 0.411. The summed E-state index contributed by atoms with van der Waals surface area (Å²) < 4.78 is 18.6. The number of aromatic nitrogens is 1. The molecule has 2 aromatic rings. The second-order valence-electron chi connectivity index (χ2n) is 10.4. The Morgan fingerprint density at radius 3 is 2.37 bits per heavy atom. The molecule has 0 amide bonds. The normalized spacial score (nSPS) is 24.8. The number of rotatable bonds is 6. The Morgan fingerprint density at radius 2 is 1.69 bits per heavy atom. The Morgan fingerprint density at radius 1 is 0.971 bits per heavy atom. The molecule has 8 heteroatoms. The third kappa shape index (κ3) is 4.47. The van der Waals surface area contributed by atoms with E-state index < -0.39 is 23.1 Å². The highest BCUT2D eigenvalue weighted by molar-refractivity contribution is 6.02. The highest BCUT2D eigenvalue weighted by Gasteiger charge is 2.57. The first-order chi connectivity index (χ1) is 16.7. The number of cyclic esters (lactones) is 2. The van der Waals surface area contributed by atoms with E-state index in [1.165, 1.54) is 0 Å². The number of hydrogen-bond acceptors (Lipinski definition) is 7. The van der Waals surface area contributed by atoms with Gasteiger partial charge < -0.3 is 23.7 Å². The maximum Gasteiger partial charge on any atom is 0.328 e. The molecule has 3 aliphatic heterocycles. The number of carbonyl (C=O) groups excluding carboxylic acids is 2. The van der Waals surface area contributed by atoms with Gasteiger partial charge in [0.25, 0.3) is 11.3 Å². The summed E-state index contributed by atoms with van der Waals surface area (Å²) in [4.78, 5) is 41.5. The van der Waals surface area contributed by atoms with Gasteiger partial charge in [-0.25, -0.2) is 0 Å². The van der Waals surface area contributed by atoms with E-state index in [0.717, 1.165) is 23.4 Å². The first kappa shape index (κ1) is 23.6. The van der Waals surface area contributed by atoms with Crippen molar-refractivity contribution in [2.75, 3.05) is 26.2 Å². The van der Waals surface area contributed by atoms with Crippen LogP contribution in [0.2, 0.25) is 0 Å². The van der Waals surface area contributed by atoms with Crippen molar-refractivity contribution in [3.63, 3.8) is 0 Å². The van der Waals surface area contributed by atoms with Gasteiger partial charge in [-0.1, -0.05) is 18.2 Å². The molecule has 5 rings (SSSR count). The van der Waals surface area contributed by atoms with Crippen LogP contribution in [-0.2, 0) is 32.0 Å². The molecule has 0 aliphatic carbocycles. The fourth-order valence-corrected chi connectivity index (χ4v) is 5.80. The minimum atomic E-state index is -1.47. The number of esters is 2. The largest absolute Gasteiger partial charge is 0.494 e. The molecule has 1 aromatic heterocycles. The third-order valence-electron chi connectivity index (χ3n) is 7.25. The second-order valence-corrected chi connectivity index (χ2v) is 10.4. The number of fused-ring (bicyclic) bond motifs is 4. The van der Waals surface area contributed by atoms with Crippen molar-refractivity contribution < 1.29 is 23.8 Å². The summed E-state index contributed by atoms with van der Waals surface area (Å²) in [6, 6.07) is 12.9. The Kier molecular flexibility index (Phi) is 5.95. The molecule has 2 bridgehead atoms. The molecule has 35 heavy (non-hydrogen) atoms. The predicted molar refractivity (Wildman–Crippen MR) is 128 cm³/mol. The van der Waals surface area contributed by atoms with Crippen molar-refractivity contribution in [3.8, 4) is 5.75 Å². The highest BCUT2D eigenvalue weighted by atomic mass is 16.7. The van der Waals surface area contributed by atoms with E-state index in [0.29, 0.717) is 26.2 Å². The van der Waals surface area contributed by atoms with Crippen molar-refractivity contribution in [2.24, 2.45) is 11.3 Å². The van der Waals surface area contributed by atoms with Crippen molar-refractivity contribution in [3.05, 3.63) is 64.1 Å². The minimum absolute atomic E-state index is 0.0271. The van der Waals surface area contributed by atoms with Crippen molar-refractivity contribution >= 4 is 11.9 Å². The van der Waals surface area contributed by atoms with Crippen molar-refractivity contribution in [1.29, 1.82) is 0 Å². The number of benzene rings is 1. The second kappa shape index (κ2) is 8.82. The molecule has 2 atom stereocenters. The maximum atomic E-state index is 13.5. The first-order valence-corrected chi connectivity index (χ1v) is 12.3. The lowest BCUT2D eigenvalue weighted by molar-refractivity contribution is -0.252. The molecule has 0 spiro atoms. The Labute approximate surface area is 204 Å². The van der Waals surface area contributed by atoms with Gasteiger partial charge in [0.15, 0.2) is 5.41 Å². The number of likely N-dealkylation sites (tertiary alicyclic amines) is 1. The van der Waals surface area contributed by atoms with E-state index in [-0.39, 0.29) is 30.4 Å². The van der Waals surface area contributed by atoms with Gasteiger partial charge in [0.05, 0.1) is 6.61 Å². The minimum Gasteiger partial charge on any atom is -0.494 e. The zero-order valence-corrected chi connectivity index (χ0v) is 20.5. The summed E-state index contributed by atoms with van der Waals surface area (Å²) in [7, 11) is 0. The first-order valence-electron chi connectivity index (χ1n) is 12.3. The summed E-state index contributed by atoms with van der Waals surface area (Å²) in [5, 5.41) is 0. The summed E-state index contributed by atoms with van der Waals surface area (Å²) in [6.07, 6.45) is 1.17. The standard InChI is InChI=1S/C27H32N2O6/c1-4-33-21-10-8-18(9-11-21)13-27(24(31)34-26(2,3)35-25(27)32)17-28-14-19-12-20(16-28)22-6-5-7-23(30)29(22)15-19/h5-11,19-20H,4,12-17H2,1-3H3/t19?,20-/m1/s1. The van der Waals surface area contributed by atoms with Gasteiger partial charge in [0, 0.05) is 64.1 Å². The van der Waals surface area contributed by atoms with E-state index in [1.807, 2.05) is 41.8 Å². The molecule has 0 N–H and O–H groups in total. The van der Waals surface area contributed by atoms with E-state index >= 15 is 0 Å². The summed E-state index contributed by atoms with van der Waals surface area (Å²) in [5.74, 6) is -1.23. The average molecular weight is 481 g/mol. The lowest BCUT2D eigenvalue weighted by Gasteiger charge is -2.47. The fourth-order valence-electron chi connectivity index (χ4n) is 5.80. The smallest absolute Gasteiger partial charge is 0.328 e. The topological polar surface area (TPSA) is 87.1 Å². The molecular weight excluding hydrogens is 448 g/mol. The van der Waals surface area contributed by atoms with Crippen LogP contribution >= 0.6 is 0 Å². The van der Waals surface area contributed by atoms with Gasteiger partial charge in [0.2, 0.25) is 0 Å². The average Bonchev–Trinajstić information content (AvgIpc) is 2.79. The van der Waals surface area contributed by atoms with Crippen LogP contribution in [0.1, 0.15) is 44.4 Å². The van der Waals surface area contributed by atoms with Crippen LogP contribution in [0, 0.1) is 11.3 Å². The SMILES string of the molecule is CCOc1ccc(CC2(CN3CC4C[C@H](C3)c3cccc(=O)n3C4)C(=O)OC(C)(C)OC2=O)cc1. The quantitative estimate of drug-likeness (QED) is 0.464. The summed E-state index contributed by atoms with van der Waals surface area (Å²) >= 11 is 0. The van der Waals surface area contributed by atoms with Gasteiger partial charge in [-0.2, -0.15) is 0 Å². The molecule has 8 nitrogen and oxygen atoms in total. The molecule has 0 radical (unpaired) electrons. The predicted octanol–water partition coefficient (Wildman–Crippen LogP) is 2.73. The van der Waals surface area contributed by atoms with Crippen LogP contribution in [-0.4, -0.2) is 53.4 Å². The number of hydrogen-bond donors (Lipinski definition) is 0. The lowest BCUT2D eigenvalue weighted by atomic mass is 9.77. The van der Waals surface area contributed by atoms with Crippen LogP contribution in [0.5, 0.6) is 5.75 Å². The van der Waals surface area contributed by atoms with E-state index in [4.69, 9.17) is 14.2 Å². The summed E-state index contributed by atoms with van der Waals surface area (Å²) in [6.45, 7) is 7.84. The fraction of sp³-hybridized carbons (Fsp3) is 0.519. The number of ether oxygens (including phenoxy) is 3. The molecule has 4 heterocycles. The Hall–Kier alpha value is -3.13. The van der Waals surface area contributed by atoms with Crippen LogP contribution in [0.25, 0.3) is 0 Å². The van der Waals surface area contributed by atoms with Gasteiger partial charge in [0.1, 0.15) is 5.75 Å². The Bertz CT molecular complexity index is 1160. The monoisotopic (exact) mass is 480 g/mol. The van der Waals surface area contributed by atoms with E-state index in [2.05, 4.69) is 4.90 Å².